The van der Waals surface area contributed by atoms with E-state index in [1.165, 1.54) is 7.05 Å². The Bertz CT molecular complexity index is 876. The number of aromatic nitrogens is 2. The summed E-state index contributed by atoms with van der Waals surface area (Å²) < 4.78 is 0.384. The van der Waals surface area contributed by atoms with Crippen LogP contribution in [0.4, 0.5) is 5.13 Å². The number of amides is 2. The Labute approximate surface area is 145 Å². The molecule has 0 fully saturated rings. The van der Waals surface area contributed by atoms with Gasteiger partial charge in [-0.1, -0.05) is 41.7 Å². The fraction of sp³-hybridized carbons (Fsp3) is 0.0714. The van der Waals surface area contributed by atoms with Crippen molar-refractivity contribution in [3.63, 3.8) is 0 Å². The van der Waals surface area contributed by atoms with Crippen molar-refractivity contribution in [2.24, 2.45) is 5.10 Å². The van der Waals surface area contributed by atoms with E-state index in [-0.39, 0.29) is 22.2 Å². The summed E-state index contributed by atoms with van der Waals surface area (Å²) >= 11 is 5.08. The molecule has 3 rings (SSSR count). The monoisotopic (exact) mass is 361 g/mol. The first-order valence-electron chi connectivity index (χ1n) is 6.67. The van der Waals surface area contributed by atoms with E-state index in [9.17, 15) is 14.7 Å². The highest BCUT2D eigenvalue weighted by molar-refractivity contribution is 7.82. The molecule has 0 bridgehead atoms. The van der Waals surface area contributed by atoms with Gasteiger partial charge in [0, 0.05) is 12.6 Å². The molecule has 0 atom stereocenters. The van der Waals surface area contributed by atoms with Crippen molar-refractivity contribution < 1.29 is 14.7 Å². The molecule has 1 aromatic heterocycles. The second-order valence-corrected chi connectivity index (χ2v) is 6.41. The van der Waals surface area contributed by atoms with Crippen LogP contribution in [0.3, 0.4) is 0 Å². The second kappa shape index (κ2) is 6.42. The molecule has 0 unspecified atom stereocenters. The zero-order chi connectivity index (χ0) is 17.3. The molecule has 0 radical (unpaired) electrons. The Kier molecular flexibility index (Phi) is 4.32. The van der Waals surface area contributed by atoms with Crippen molar-refractivity contribution in [3.05, 3.63) is 41.5 Å². The smallest absolute Gasteiger partial charge is 0.279 e. The first kappa shape index (κ1) is 16.1. The molecular formula is C14H11N5O3S2. The van der Waals surface area contributed by atoms with Gasteiger partial charge in [-0.05, 0) is 0 Å². The van der Waals surface area contributed by atoms with Gasteiger partial charge in [0.25, 0.3) is 11.8 Å². The number of hydrogen-bond donors (Lipinski definition) is 3. The molecule has 0 saturated heterocycles. The number of rotatable bonds is 3. The number of aliphatic hydroxyl groups is 1. The van der Waals surface area contributed by atoms with Crippen LogP contribution in [0.2, 0.25) is 0 Å². The molecule has 1 aliphatic heterocycles. The van der Waals surface area contributed by atoms with Gasteiger partial charge in [0.2, 0.25) is 5.13 Å². The highest BCUT2D eigenvalue weighted by Crippen LogP contribution is 2.24. The van der Waals surface area contributed by atoms with Crippen LogP contribution in [-0.4, -0.2) is 44.9 Å². The third-order valence-electron chi connectivity index (χ3n) is 3.13. The highest BCUT2D eigenvalue weighted by atomic mass is 32.2. The summed E-state index contributed by atoms with van der Waals surface area (Å²) in [4.78, 5) is 24.7. The summed E-state index contributed by atoms with van der Waals surface area (Å²) in [6.45, 7) is 0. The number of anilines is 1. The predicted octanol–water partition coefficient (Wildman–Crippen LogP) is 1.56. The van der Waals surface area contributed by atoms with Gasteiger partial charge in [-0.2, -0.15) is 5.10 Å². The van der Waals surface area contributed by atoms with Crippen LogP contribution in [0.15, 0.2) is 45.3 Å². The van der Waals surface area contributed by atoms with Gasteiger partial charge in [0.05, 0.1) is 0 Å². The number of likely N-dealkylation sites (N-methyl/N-ethyl adjacent to an activating group) is 1. The molecule has 2 N–H and O–H groups in total. The summed E-state index contributed by atoms with van der Waals surface area (Å²) in [7, 11) is 1.40. The van der Waals surface area contributed by atoms with Gasteiger partial charge in [0.15, 0.2) is 10.1 Å². The fourth-order valence-corrected chi connectivity index (χ4v) is 2.83. The Morgan fingerprint density at radius 3 is 2.62 bits per heavy atom. The first-order valence-corrected chi connectivity index (χ1v) is 7.93. The maximum absolute atomic E-state index is 12.4. The SMILES string of the molecule is CN1N=C(C(=O)Nc2nnc(S)s2)/C(=C(\O)c2ccccc2)C1=O. The number of thiol groups is 1. The summed E-state index contributed by atoms with van der Waals surface area (Å²) in [5, 5.41) is 25.4. The van der Waals surface area contributed by atoms with Crippen LogP contribution in [0.25, 0.3) is 5.76 Å². The molecule has 0 saturated carbocycles. The van der Waals surface area contributed by atoms with Crippen molar-refractivity contribution in [2.75, 3.05) is 12.4 Å². The number of nitrogens with zero attached hydrogens (tertiary/aromatic N) is 4. The van der Waals surface area contributed by atoms with E-state index in [2.05, 4.69) is 33.2 Å². The number of benzene rings is 1. The van der Waals surface area contributed by atoms with E-state index in [0.717, 1.165) is 16.3 Å². The average Bonchev–Trinajstić information content (AvgIpc) is 3.11. The molecule has 1 aromatic carbocycles. The molecule has 2 amide bonds. The number of nitrogens with one attached hydrogen (secondary N) is 1. The van der Waals surface area contributed by atoms with Gasteiger partial charge in [0.1, 0.15) is 11.3 Å². The predicted molar refractivity (Wildman–Crippen MR) is 92.0 cm³/mol. The largest absolute Gasteiger partial charge is 0.506 e. The molecule has 24 heavy (non-hydrogen) atoms. The van der Waals surface area contributed by atoms with Crippen molar-refractivity contribution in [3.8, 4) is 0 Å². The molecule has 0 aliphatic carbocycles. The lowest BCUT2D eigenvalue weighted by molar-refractivity contribution is -0.124. The molecular weight excluding hydrogens is 350 g/mol. The second-order valence-electron chi connectivity index (χ2n) is 4.71. The minimum atomic E-state index is -0.672. The molecule has 122 valence electrons. The fourth-order valence-electron chi connectivity index (χ4n) is 2.04. The van der Waals surface area contributed by atoms with E-state index in [1.54, 1.807) is 30.3 Å². The number of hydrogen-bond acceptors (Lipinski definition) is 8. The molecule has 8 nitrogen and oxygen atoms in total. The van der Waals surface area contributed by atoms with Crippen LogP contribution >= 0.6 is 24.0 Å². The topological polar surface area (TPSA) is 108 Å². The third kappa shape index (κ3) is 3.01. The zero-order valence-electron chi connectivity index (χ0n) is 12.3. The van der Waals surface area contributed by atoms with E-state index >= 15 is 0 Å². The van der Waals surface area contributed by atoms with Gasteiger partial charge in [-0.15, -0.1) is 22.8 Å². The van der Waals surface area contributed by atoms with E-state index < -0.39 is 11.8 Å². The minimum Gasteiger partial charge on any atom is -0.506 e. The van der Waals surface area contributed by atoms with Crippen LogP contribution in [0.1, 0.15) is 5.56 Å². The Balaban J connectivity index is 1.97. The first-order chi connectivity index (χ1) is 11.5. The van der Waals surface area contributed by atoms with E-state index in [4.69, 9.17) is 0 Å². The van der Waals surface area contributed by atoms with Crippen LogP contribution in [0, 0.1) is 0 Å². The van der Waals surface area contributed by atoms with Gasteiger partial charge >= 0.3 is 0 Å². The zero-order valence-corrected chi connectivity index (χ0v) is 14.0. The summed E-state index contributed by atoms with van der Waals surface area (Å²) in [5.41, 5.74) is 0.0433. The molecule has 2 aromatic rings. The lowest BCUT2D eigenvalue weighted by Gasteiger charge is -2.06. The summed E-state index contributed by atoms with van der Waals surface area (Å²) in [5.74, 6) is -1.56. The Morgan fingerprint density at radius 1 is 1.29 bits per heavy atom. The van der Waals surface area contributed by atoms with Crippen molar-refractivity contribution in [1.29, 1.82) is 0 Å². The average molecular weight is 361 g/mol. The third-order valence-corrected chi connectivity index (χ3v) is 4.13. The lowest BCUT2D eigenvalue weighted by Crippen LogP contribution is -2.25. The standard InChI is InChI=1S/C14H11N5O3S2/c1-19-12(22)8(10(20)7-5-3-2-4-6-7)9(18-19)11(21)15-13-16-17-14(23)24-13/h2-6,20H,1H3,(H,17,23)(H,15,16,21)/b10-8+. The summed E-state index contributed by atoms with van der Waals surface area (Å²) in [6, 6.07) is 8.45. The number of hydrazone groups is 1. The Hall–Kier alpha value is -2.72. The molecule has 1 aliphatic rings. The Morgan fingerprint density at radius 2 is 2.00 bits per heavy atom. The number of aliphatic hydroxyl groups excluding tert-OH is 1. The quantitative estimate of drug-likeness (QED) is 0.333. The van der Waals surface area contributed by atoms with Crippen LogP contribution in [-0.2, 0) is 9.59 Å². The normalized spacial score (nSPS) is 16.2. The van der Waals surface area contributed by atoms with E-state index in [1.807, 2.05) is 0 Å². The highest BCUT2D eigenvalue weighted by Gasteiger charge is 2.36. The van der Waals surface area contributed by atoms with Gasteiger partial charge < -0.3 is 5.11 Å². The maximum Gasteiger partial charge on any atom is 0.279 e. The van der Waals surface area contributed by atoms with Gasteiger partial charge in [-0.3, -0.25) is 14.9 Å². The maximum atomic E-state index is 12.4. The van der Waals surface area contributed by atoms with Crippen molar-refractivity contribution in [2.45, 2.75) is 4.34 Å². The van der Waals surface area contributed by atoms with Crippen molar-refractivity contribution >= 4 is 52.4 Å². The number of carbonyl (C=O) groups is 2. The minimum absolute atomic E-state index is 0.170. The van der Waals surface area contributed by atoms with E-state index in [0.29, 0.717) is 9.90 Å². The van der Waals surface area contributed by atoms with Crippen LogP contribution in [0.5, 0.6) is 0 Å². The molecule has 0 spiro atoms. The number of carbonyl (C=O) groups excluding carboxylic acids is 2. The van der Waals surface area contributed by atoms with Crippen LogP contribution < -0.4 is 5.32 Å². The van der Waals surface area contributed by atoms with Crippen molar-refractivity contribution in [1.82, 2.24) is 15.2 Å². The molecule has 2 heterocycles. The summed E-state index contributed by atoms with van der Waals surface area (Å²) in [6.07, 6.45) is 0. The van der Waals surface area contributed by atoms with Gasteiger partial charge in [-0.25, -0.2) is 5.01 Å². The molecule has 10 heteroatoms. The lowest BCUT2D eigenvalue weighted by atomic mass is 10.0.